The van der Waals surface area contributed by atoms with Crippen molar-refractivity contribution >= 4 is 10.1 Å². The number of hydrogen-bond acceptors (Lipinski definition) is 4. The molecule has 0 aliphatic rings. The minimum absolute atomic E-state index is 0.179. The topological polar surface area (TPSA) is 52.6 Å². The quantitative estimate of drug-likeness (QED) is 0.785. The lowest BCUT2D eigenvalue weighted by Gasteiger charge is -2.21. The van der Waals surface area contributed by atoms with Crippen LogP contribution in [0, 0.1) is 13.8 Å². The van der Waals surface area contributed by atoms with Crippen molar-refractivity contribution in [3.05, 3.63) is 53.6 Å². The smallest absolute Gasteiger partial charge is 0.339 e. The molecule has 0 saturated carbocycles. The van der Waals surface area contributed by atoms with Gasteiger partial charge < -0.3 is 8.92 Å². The Bertz CT molecular complexity index is 785. The van der Waals surface area contributed by atoms with E-state index in [1.165, 1.54) is 0 Å². The molecule has 0 bridgehead atoms. The monoisotopic (exact) mass is 334 g/mol. The van der Waals surface area contributed by atoms with E-state index in [1.54, 1.807) is 43.3 Å². The Labute approximate surface area is 138 Å². The van der Waals surface area contributed by atoms with E-state index in [-0.39, 0.29) is 16.2 Å². The van der Waals surface area contributed by atoms with E-state index >= 15 is 0 Å². The van der Waals surface area contributed by atoms with Crippen molar-refractivity contribution in [2.75, 3.05) is 0 Å². The van der Waals surface area contributed by atoms with E-state index in [1.807, 2.05) is 33.8 Å². The first-order chi connectivity index (χ1) is 10.6. The molecule has 23 heavy (non-hydrogen) atoms. The molecule has 0 radical (unpaired) electrons. The molecule has 2 aromatic carbocycles. The Kier molecular flexibility index (Phi) is 4.71. The van der Waals surface area contributed by atoms with Crippen LogP contribution in [0.25, 0.3) is 0 Å². The van der Waals surface area contributed by atoms with Crippen LogP contribution in [0.3, 0.4) is 0 Å². The lowest BCUT2D eigenvalue weighted by molar-refractivity contribution is 0.131. The maximum atomic E-state index is 12.4. The Morgan fingerprint density at radius 2 is 1.43 bits per heavy atom. The molecule has 2 rings (SSSR count). The second-order valence-corrected chi connectivity index (χ2v) is 8.01. The average molecular weight is 334 g/mol. The number of benzene rings is 2. The SMILES string of the molecule is Cc1ccc(S(=O)(=O)Oc2ccc(OC(C)(C)C)cc2)c(C)c1. The second kappa shape index (κ2) is 6.24. The van der Waals surface area contributed by atoms with Crippen LogP contribution in [0.15, 0.2) is 47.4 Å². The summed E-state index contributed by atoms with van der Waals surface area (Å²) in [5, 5.41) is 0. The van der Waals surface area contributed by atoms with Gasteiger partial charge in [-0.1, -0.05) is 17.7 Å². The van der Waals surface area contributed by atoms with E-state index in [0.717, 1.165) is 5.56 Å². The van der Waals surface area contributed by atoms with Crippen molar-refractivity contribution in [1.29, 1.82) is 0 Å². The molecule has 0 unspecified atom stereocenters. The predicted octanol–water partition coefficient (Wildman–Crippen LogP) is 4.25. The molecule has 5 heteroatoms. The van der Waals surface area contributed by atoms with Crippen molar-refractivity contribution in [3.63, 3.8) is 0 Å². The van der Waals surface area contributed by atoms with E-state index in [9.17, 15) is 8.42 Å². The number of ether oxygens (including phenoxy) is 1. The maximum absolute atomic E-state index is 12.4. The van der Waals surface area contributed by atoms with Crippen LogP contribution in [-0.2, 0) is 10.1 Å². The standard InChI is InChI=1S/C18H22O4S/c1-13-6-11-17(14(2)12-13)23(19,20)22-16-9-7-15(8-10-16)21-18(3,4)5/h6-12H,1-5H3. The van der Waals surface area contributed by atoms with Gasteiger partial charge in [-0.25, -0.2) is 0 Å². The third kappa shape index (κ3) is 4.73. The lowest BCUT2D eigenvalue weighted by Crippen LogP contribution is -2.22. The highest BCUT2D eigenvalue weighted by molar-refractivity contribution is 7.87. The maximum Gasteiger partial charge on any atom is 0.339 e. The minimum Gasteiger partial charge on any atom is -0.488 e. The molecule has 0 fully saturated rings. The van der Waals surface area contributed by atoms with Crippen molar-refractivity contribution in [2.45, 2.75) is 45.1 Å². The van der Waals surface area contributed by atoms with Crippen LogP contribution >= 0.6 is 0 Å². The van der Waals surface area contributed by atoms with Crippen molar-refractivity contribution in [1.82, 2.24) is 0 Å². The van der Waals surface area contributed by atoms with Gasteiger partial charge in [-0.05, 0) is 70.5 Å². The highest BCUT2D eigenvalue weighted by Gasteiger charge is 2.19. The number of rotatable bonds is 4. The van der Waals surface area contributed by atoms with Gasteiger partial charge in [0.2, 0.25) is 0 Å². The first kappa shape index (κ1) is 17.3. The highest BCUT2D eigenvalue weighted by Crippen LogP contribution is 2.25. The van der Waals surface area contributed by atoms with Crippen LogP contribution in [0.2, 0.25) is 0 Å². The molecule has 0 saturated heterocycles. The zero-order chi connectivity index (χ0) is 17.3. The largest absolute Gasteiger partial charge is 0.488 e. The summed E-state index contributed by atoms with van der Waals surface area (Å²) < 4.78 is 35.7. The van der Waals surface area contributed by atoms with Crippen molar-refractivity contribution < 1.29 is 17.3 Å². The minimum atomic E-state index is -3.85. The summed E-state index contributed by atoms with van der Waals surface area (Å²) in [5.41, 5.74) is 1.36. The van der Waals surface area contributed by atoms with Crippen molar-refractivity contribution in [2.24, 2.45) is 0 Å². The van der Waals surface area contributed by atoms with Gasteiger partial charge in [0.25, 0.3) is 0 Å². The van der Waals surface area contributed by atoms with E-state index < -0.39 is 10.1 Å². The molecule has 4 nitrogen and oxygen atoms in total. The normalized spacial score (nSPS) is 12.0. The third-order valence-electron chi connectivity index (χ3n) is 3.05. The average Bonchev–Trinajstić information content (AvgIpc) is 2.38. The Balaban J connectivity index is 2.21. The fourth-order valence-corrected chi connectivity index (χ4v) is 3.31. The predicted molar refractivity (Wildman–Crippen MR) is 90.6 cm³/mol. The molecule has 0 aromatic heterocycles. The Morgan fingerprint density at radius 1 is 0.870 bits per heavy atom. The molecule has 124 valence electrons. The molecular formula is C18H22O4S. The number of hydrogen-bond donors (Lipinski definition) is 0. The fraction of sp³-hybridized carbons (Fsp3) is 0.333. The lowest BCUT2D eigenvalue weighted by atomic mass is 10.2. The van der Waals surface area contributed by atoms with Crippen LogP contribution < -0.4 is 8.92 Å². The molecule has 0 aliphatic carbocycles. The summed E-state index contributed by atoms with van der Waals surface area (Å²) in [6.45, 7) is 9.51. The summed E-state index contributed by atoms with van der Waals surface area (Å²) in [6.07, 6.45) is 0. The molecule has 0 amide bonds. The van der Waals surface area contributed by atoms with Gasteiger partial charge in [0.1, 0.15) is 22.0 Å². The van der Waals surface area contributed by atoms with Crippen LogP contribution in [0.1, 0.15) is 31.9 Å². The molecule has 0 aliphatic heterocycles. The highest BCUT2D eigenvalue weighted by atomic mass is 32.2. The van der Waals surface area contributed by atoms with E-state index in [2.05, 4.69) is 0 Å². The zero-order valence-corrected chi connectivity index (χ0v) is 14.9. The second-order valence-electron chi connectivity index (χ2n) is 6.49. The molecule has 2 aromatic rings. The van der Waals surface area contributed by atoms with E-state index in [0.29, 0.717) is 11.3 Å². The summed E-state index contributed by atoms with van der Waals surface area (Å²) in [6, 6.07) is 11.7. The molecule has 0 atom stereocenters. The van der Waals surface area contributed by atoms with Crippen LogP contribution in [0.4, 0.5) is 0 Å². The summed E-state index contributed by atoms with van der Waals surface area (Å²) >= 11 is 0. The summed E-state index contributed by atoms with van der Waals surface area (Å²) in [4.78, 5) is 0.179. The molecule has 0 heterocycles. The van der Waals surface area contributed by atoms with Crippen LogP contribution in [-0.4, -0.2) is 14.0 Å². The molecule has 0 spiro atoms. The first-order valence-electron chi connectivity index (χ1n) is 7.38. The number of aryl methyl sites for hydroxylation is 2. The molecule has 0 N–H and O–H groups in total. The van der Waals surface area contributed by atoms with Gasteiger partial charge in [-0.3, -0.25) is 0 Å². The van der Waals surface area contributed by atoms with Gasteiger partial charge in [0.15, 0.2) is 0 Å². The Hall–Kier alpha value is -2.01. The zero-order valence-electron chi connectivity index (χ0n) is 14.1. The van der Waals surface area contributed by atoms with Gasteiger partial charge in [0, 0.05) is 0 Å². The third-order valence-corrected chi connectivity index (χ3v) is 4.46. The van der Waals surface area contributed by atoms with Gasteiger partial charge in [-0.15, -0.1) is 0 Å². The Morgan fingerprint density at radius 3 is 1.96 bits per heavy atom. The van der Waals surface area contributed by atoms with Crippen molar-refractivity contribution in [3.8, 4) is 11.5 Å². The van der Waals surface area contributed by atoms with Gasteiger partial charge in [-0.2, -0.15) is 8.42 Å². The van der Waals surface area contributed by atoms with Gasteiger partial charge in [0.05, 0.1) is 0 Å². The molecular weight excluding hydrogens is 312 g/mol. The van der Waals surface area contributed by atoms with Crippen LogP contribution in [0.5, 0.6) is 11.5 Å². The van der Waals surface area contributed by atoms with Gasteiger partial charge >= 0.3 is 10.1 Å². The summed E-state index contributed by atoms with van der Waals surface area (Å²) in [5.74, 6) is 0.917. The summed E-state index contributed by atoms with van der Waals surface area (Å²) in [7, 11) is -3.85. The fourth-order valence-electron chi connectivity index (χ4n) is 2.17. The first-order valence-corrected chi connectivity index (χ1v) is 8.78. The van der Waals surface area contributed by atoms with E-state index in [4.69, 9.17) is 8.92 Å².